The van der Waals surface area contributed by atoms with Crippen LogP contribution in [-0.4, -0.2) is 29.7 Å². The van der Waals surface area contributed by atoms with Crippen molar-refractivity contribution in [3.8, 4) is 11.4 Å². The zero-order valence-corrected chi connectivity index (χ0v) is 18.0. The van der Waals surface area contributed by atoms with Gasteiger partial charge in [0.25, 0.3) is 0 Å². The van der Waals surface area contributed by atoms with E-state index in [2.05, 4.69) is 15.8 Å². The van der Waals surface area contributed by atoms with Crippen LogP contribution in [-0.2, 0) is 15.8 Å². The Morgan fingerprint density at radius 2 is 1.70 bits per heavy atom. The van der Waals surface area contributed by atoms with Gasteiger partial charge in [-0.2, -0.15) is 18.3 Å². The molecule has 1 heterocycles. The number of hydrogen-bond donors (Lipinski definition) is 2. The minimum Gasteiger partial charge on any atom is -0.497 e. The number of methoxy groups -OCH3 is 1. The van der Waals surface area contributed by atoms with Gasteiger partial charge in [0, 0.05) is 22.6 Å². The number of anilines is 1. The Balaban J connectivity index is 1.73. The van der Waals surface area contributed by atoms with Crippen LogP contribution in [0.3, 0.4) is 0 Å². The molecule has 0 saturated heterocycles. The quantitative estimate of drug-likeness (QED) is 0.341. The summed E-state index contributed by atoms with van der Waals surface area (Å²) in [5.41, 5.74) is 3.26. The number of para-hydroxylation sites is 1. The number of hydrazone groups is 1. The van der Waals surface area contributed by atoms with Crippen molar-refractivity contribution >= 4 is 23.7 Å². The van der Waals surface area contributed by atoms with Gasteiger partial charge < -0.3 is 14.6 Å². The second-order valence-corrected chi connectivity index (χ2v) is 7.06. The molecule has 33 heavy (non-hydrogen) atoms. The zero-order valence-electron chi connectivity index (χ0n) is 18.0. The first-order chi connectivity index (χ1) is 15.6. The highest BCUT2D eigenvalue weighted by Crippen LogP contribution is 2.35. The molecule has 2 amide bonds. The molecule has 2 aromatic carbocycles. The lowest BCUT2D eigenvalue weighted by molar-refractivity contribution is -0.137. The summed E-state index contributed by atoms with van der Waals surface area (Å²) in [6.45, 7) is 3.30. The van der Waals surface area contributed by atoms with Gasteiger partial charge in [0.05, 0.1) is 24.6 Å². The fourth-order valence-corrected chi connectivity index (χ4v) is 3.27. The minimum absolute atomic E-state index is 0.0115. The van der Waals surface area contributed by atoms with Gasteiger partial charge in [-0.15, -0.1) is 0 Å². The maximum Gasteiger partial charge on any atom is 0.418 e. The van der Waals surface area contributed by atoms with Gasteiger partial charge in [-0.05, 0) is 56.3 Å². The number of carbonyl (C=O) groups excluding carboxylic acids is 2. The van der Waals surface area contributed by atoms with Gasteiger partial charge in [-0.3, -0.25) is 9.59 Å². The van der Waals surface area contributed by atoms with Gasteiger partial charge in [0.1, 0.15) is 5.75 Å². The standard InChI is InChI=1S/C23H21F3N4O3/c1-14-12-16(15(2)30(14)20-7-5-4-6-19(20)23(24,25)26)13-27-29-22(32)21(31)28-17-8-10-18(33-3)11-9-17/h4-13H,1-3H3,(H,28,31)(H,29,32)/b27-13-. The second-order valence-electron chi connectivity index (χ2n) is 7.06. The fourth-order valence-electron chi connectivity index (χ4n) is 3.27. The first-order valence-corrected chi connectivity index (χ1v) is 9.75. The topological polar surface area (TPSA) is 84.7 Å². The van der Waals surface area contributed by atoms with Crippen molar-refractivity contribution in [2.24, 2.45) is 5.10 Å². The molecule has 1 aromatic heterocycles. The SMILES string of the molecule is COc1ccc(NC(=O)C(=O)N/N=C\c2cc(C)n(-c3ccccc3C(F)(F)F)c2C)cc1. The Hall–Kier alpha value is -4.08. The molecule has 3 rings (SSSR count). The number of benzene rings is 2. The van der Waals surface area contributed by atoms with Crippen molar-refractivity contribution in [1.82, 2.24) is 9.99 Å². The Morgan fingerprint density at radius 3 is 2.33 bits per heavy atom. The molecule has 0 aliphatic heterocycles. The van der Waals surface area contributed by atoms with Crippen LogP contribution >= 0.6 is 0 Å². The molecule has 0 bridgehead atoms. The van der Waals surface area contributed by atoms with Crippen LogP contribution in [0.1, 0.15) is 22.5 Å². The summed E-state index contributed by atoms with van der Waals surface area (Å²) in [5, 5.41) is 6.19. The maximum atomic E-state index is 13.4. The smallest absolute Gasteiger partial charge is 0.418 e. The summed E-state index contributed by atoms with van der Waals surface area (Å²) < 4.78 is 46.8. The number of nitrogens with one attached hydrogen (secondary N) is 2. The van der Waals surface area contributed by atoms with Gasteiger partial charge in [0.15, 0.2) is 0 Å². The Morgan fingerprint density at radius 1 is 1.03 bits per heavy atom. The summed E-state index contributed by atoms with van der Waals surface area (Å²) in [6, 6.07) is 13.3. The third-order valence-corrected chi connectivity index (χ3v) is 4.84. The molecule has 0 aliphatic carbocycles. The normalized spacial score (nSPS) is 11.5. The summed E-state index contributed by atoms with van der Waals surface area (Å²) in [4.78, 5) is 24.0. The summed E-state index contributed by atoms with van der Waals surface area (Å²) >= 11 is 0. The molecule has 0 unspecified atom stereocenters. The van der Waals surface area contributed by atoms with E-state index in [9.17, 15) is 22.8 Å². The van der Waals surface area contributed by atoms with E-state index in [-0.39, 0.29) is 5.69 Å². The lowest BCUT2D eigenvalue weighted by Crippen LogP contribution is -2.32. The van der Waals surface area contributed by atoms with E-state index >= 15 is 0 Å². The van der Waals surface area contributed by atoms with Gasteiger partial charge in [-0.25, -0.2) is 5.43 Å². The van der Waals surface area contributed by atoms with E-state index in [1.807, 2.05) is 0 Å². The number of rotatable bonds is 5. The number of nitrogens with zero attached hydrogens (tertiary/aromatic N) is 2. The molecule has 172 valence electrons. The van der Waals surface area contributed by atoms with E-state index in [1.54, 1.807) is 44.2 Å². The summed E-state index contributed by atoms with van der Waals surface area (Å²) in [7, 11) is 1.51. The predicted molar refractivity (Wildman–Crippen MR) is 118 cm³/mol. The van der Waals surface area contributed by atoms with Gasteiger partial charge in [-0.1, -0.05) is 12.1 Å². The van der Waals surface area contributed by atoms with Crippen LogP contribution in [0.15, 0.2) is 59.7 Å². The molecule has 10 heteroatoms. The molecule has 7 nitrogen and oxygen atoms in total. The summed E-state index contributed by atoms with van der Waals surface area (Å²) in [6.07, 6.45) is -3.24. The van der Waals surface area contributed by atoms with Crippen molar-refractivity contribution < 1.29 is 27.5 Å². The molecule has 3 aromatic rings. The largest absolute Gasteiger partial charge is 0.497 e. The fraction of sp³-hybridized carbons (Fsp3) is 0.174. The van der Waals surface area contributed by atoms with Crippen molar-refractivity contribution in [2.75, 3.05) is 12.4 Å². The summed E-state index contributed by atoms with van der Waals surface area (Å²) in [5.74, 6) is -1.34. The lowest BCUT2D eigenvalue weighted by Gasteiger charge is -2.16. The predicted octanol–water partition coefficient (Wildman–Crippen LogP) is 4.21. The number of hydrogen-bond acceptors (Lipinski definition) is 4. The number of aryl methyl sites for hydroxylation is 1. The molecule has 0 fully saturated rings. The van der Waals surface area contributed by atoms with Crippen molar-refractivity contribution in [3.05, 3.63) is 77.1 Å². The number of carbonyl (C=O) groups is 2. The van der Waals surface area contributed by atoms with Crippen LogP contribution < -0.4 is 15.5 Å². The van der Waals surface area contributed by atoms with E-state index in [0.29, 0.717) is 28.4 Å². The highest BCUT2D eigenvalue weighted by atomic mass is 19.4. The highest BCUT2D eigenvalue weighted by Gasteiger charge is 2.34. The molecule has 0 saturated carbocycles. The van der Waals surface area contributed by atoms with E-state index in [4.69, 9.17) is 4.74 Å². The lowest BCUT2D eigenvalue weighted by atomic mass is 10.1. The molecular formula is C23H21F3N4O3. The Bertz CT molecular complexity index is 1200. The molecular weight excluding hydrogens is 437 g/mol. The van der Waals surface area contributed by atoms with Crippen molar-refractivity contribution in [2.45, 2.75) is 20.0 Å². The van der Waals surface area contributed by atoms with E-state index in [1.165, 1.54) is 36.1 Å². The van der Waals surface area contributed by atoms with Gasteiger partial charge in [0.2, 0.25) is 0 Å². The molecule has 0 atom stereocenters. The number of alkyl halides is 3. The first kappa shape index (κ1) is 23.6. The van der Waals surface area contributed by atoms with Crippen LogP contribution in [0, 0.1) is 13.8 Å². The van der Waals surface area contributed by atoms with Crippen LogP contribution in [0.4, 0.5) is 18.9 Å². The Labute approximate surface area is 187 Å². The molecule has 0 radical (unpaired) electrons. The van der Waals surface area contributed by atoms with Crippen LogP contribution in [0.2, 0.25) is 0 Å². The third-order valence-electron chi connectivity index (χ3n) is 4.84. The number of aromatic nitrogens is 1. The average Bonchev–Trinajstić information content (AvgIpc) is 3.06. The van der Waals surface area contributed by atoms with Crippen LogP contribution in [0.5, 0.6) is 5.75 Å². The molecule has 0 aliphatic rings. The number of amides is 2. The van der Waals surface area contributed by atoms with E-state index in [0.717, 1.165) is 6.07 Å². The van der Waals surface area contributed by atoms with E-state index < -0.39 is 23.6 Å². The van der Waals surface area contributed by atoms with Gasteiger partial charge >= 0.3 is 18.0 Å². The monoisotopic (exact) mass is 458 g/mol. The Kier molecular flexibility index (Phi) is 6.86. The van der Waals surface area contributed by atoms with Crippen LogP contribution in [0.25, 0.3) is 5.69 Å². The average molecular weight is 458 g/mol. The number of halogens is 3. The van der Waals surface area contributed by atoms with Crippen molar-refractivity contribution in [1.29, 1.82) is 0 Å². The molecule has 2 N–H and O–H groups in total. The minimum atomic E-state index is -4.51. The zero-order chi connectivity index (χ0) is 24.2. The maximum absolute atomic E-state index is 13.4. The molecule has 0 spiro atoms. The first-order valence-electron chi connectivity index (χ1n) is 9.75. The number of ether oxygens (including phenoxy) is 1. The third kappa shape index (κ3) is 5.40. The highest BCUT2D eigenvalue weighted by molar-refractivity contribution is 6.39. The second kappa shape index (κ2) is 9.60. The van der Waals surface area contributed by atoms with Crippen molar-refractivity contribution in [3.63, 3.8) is 0 Å².